The third-order valence-corrected chi connectivity index (χ3v) is 7.06. The molecular formula is C14H12Br2ClNO3. The molecule has 4 atom stereocenters. The molecule has 21 heavy (non-hydrogen) atoms. The number of phenols is 1. The molecule has 2 fully saturated rings. The summed E-state index contributed by atoms with van der Waals surface area (Å²) in [6.45, 7) is 0. The summed E-state index contributed by atoms with van der Waals surface area (Å²) in [5.74, 6) is -1.30. The van der Waals surface area contributed by atoms with Crippen LogP contribution >= 0.6 is 43.5 Å². The van der Waals surface area contributed by atoms with Gasteiger partial charge < -0.3 is 5.11 Å². The van der Waals surface area contributed by atoms with Gasteiger partial charge in [-0.1, -0.05) is 43.5 Å². The highest BCUT2D eigenvalue weighted by molar-refractivity contribution is 9.12. The van der Waals surface area contributed by atoms with Crippen molar-refractivity contribution in [3.05, 3.63) is 23.2 Å². The second-order valence-corrected chi connectivity index (χ2v) is 8.15. The quantitative estimate of drug-likeness (QED) is 0.541. The van der Waals surface area contributed by atoms with Crippen LogP contribution in [0.5, 0.6) is 5.75 Å². The zero-order valence-electron chi connectivity index (χ0n) is 10.8. The molecule has 1 saturated heterocycles. The highest BCUT2D eigenvalue weighted by Gasteiger charge is 2.52. The molecule has 1 heterocycles. The van der Waals surface area contributed by atoms with Gasteiger partial charge in [-0.05, 0) is 25.0 Å². The van der Waals surface area contributed by atoms with Crippen molar-refractivity contribution >= 4 is 61.0 Å². The van der Waals surface area contributed by atoms with Gasteiger partial charge in [-0.2, -0.15) is 0 Å². The van der Waals surface area contributed by atoms with E-state index >= 15 is 0 Å². The molecular weight excluding hydrogens is 425 g/mol. The molecule has 2 amide bonds. The monoisotopic (exact) mass is 435 g/mol. The zero-order valence-corrected chi connectivity index (χ0v) is 14.7. The molecule has 2 aliphatic rings. The van der Waals surface area contributed by atoms with Crippen molar-refractivity contribution in [1.82, 2.24) is 0 Å². The minimum atomic E-state index is -0.328. The van der Waals surface area contributed by atoms with E-state index in [0.29, 0.717) is 17.9 Å². The Labute approximate surface area is 143 Å². The van der Waals surface area contributed by atoms with Crippen LogP contribution in [-0.4, -0.2) is 26.6 Å². The number of carbonyl (C=O) groups is 2. The number of aromatic hydroxyl groups is 1. The number of benzene rings is 1. The van der Waals surface area contributed by atoms with E-state index in [1.807, 2.05) is 0 Å². The lowest BCUT2D eigenvalue weighted by Crippen LogP contribution is -2.34. The third kappa shape index (κ3) is 2.51. The highest BCUT2D eigenvalue weighted by Crippen LogP contribution is 2.45. The van der Waals surface area contributed by atoms with E-state index in [2.05, 4.69) is 31.9 Å². The first-order valence-electron chi connectivity index (χ1n) is 6.54. The molecule has 1 aromatic rings. The largest absolute Gasteiger partial charge is 0.506 e. The van der Waals surface area contributed by atoms with Crippen LogP contribution in [-0.2, 0) is 9.59 Å². The van der Waals surface area contributed by atoms with Gasteiger partial charge in [0.15, 0.2) is 0 Å². The summed E-state index contributed by atoms with van der Waals surface area (Å²) in [6.07, 6.45) is 1.21. The van der Waals surface area contributed by atoms with Gasteiger partial charge in [0.25, 0.3) is 0 Å². The fourth-order valence-corrected chi connectivity index (χ4v) is 4.42. The van der Waals surface area contributed by atoms with Crippen LogP contribution in [0.3, 0.4) is 0 Å². The first-order valence-corrected chi connectivity index (χ1v) is 8.75. The Kier molecular flexibility index (Phi) is 4.05. The zero-order chi connectivity index (χ0) is 15.3. The average molecular weight is 438 g/mol. The fourth-order valence-electron chi connectivity index (χ4n) is 3.02. The van der Waals surface area contributed by atoms with Gasteiger partial charge >= 0.3 is 0 Å². The second kappa shape index (κ2) is 5.56. The normalized spacial score (nSPS) is 32.4. The Morgan fingerprint density at radius 3 is 2.10 bits per heavy atom. The SMILES string of the molecule is O=C1[C@@H]2C[C@@H](Br)[C@@H](Br)C[C@H]2C(=O)N1c1ccc(Cl)cc1O. The molecule has 7 heteroatoms. The van der Waals surface area contributed by atoms with Gasteiger partial charge in [0.1, 0.15) is 5.75 Å². The summed E-state index contributed by atoms with van der Waals surface area (Å²) in [6, 6.07) is 4.39. The van der Waals surface area contributed by atoms with E-state index in [0.717, 1.165) is 4.90 Å². The number of fused-ring (bicyclic) bond motifs is 1. The molecule has 4 nitrogen and oxygen atoms in total. The van der Waals surface area contributed by atoms with Crippen LogP contribution in [0.15, 0.2) is 18.2 Å². The van der Waals surface area contributed by atoms with Gasteiger partial charge in [-0.15, -0.1) is 0 Å². The standard InChI is InChI=1S/C14H12Br2ClNO3/c15-9-4-7-8(5-10(9)16)14(21)18(13(7)20)11-2-1-6(17)3-12(11)19/h1-3,7-10,19H,4-5H2/t7-,8-,9-,10+/m1/s1. The second-order valence-electron chi connectivity index (χ2n) is 5.36. The Bertz CT molecular complexity index is 596. The summed E-state index contributed by atoms with van der Waals surface area (Å²) < 4.78 is 0. The maximum Gasteiger partial charge on any atom is 0.237 e. The summed E-state index contributed by atoms with van der Waals surface area (Å²) in [5.41, 5.74) is 0.209. The molecule has 1 aromatic carbocycles. The lowest BCUT2D eigenvalue weighted by molar-refractivity contribution is -0.122. The molecule has 0 bridgehead atoms. The number of hydrogen-bond acceptors (Lipinski definition) is 3. The maximum absolute atomic E-state index is 12.6. The number of rotatable bonds is 1. The number of phenolic OH excluding ortho intramolecular Hbond substituents is 1. The van der Waals surface area contributed by atoms with E-state index in [1.54, 1.807) is 6.07 Å². The lowest BCUT2D eigenvalue weighted by Gasteiger charge is -2.29. The first-order chi connectivity index (χ1) is 9.90. The van der Waals surface area contributed by atoms with Gasteiger partial charge in [0, 0.05) is 20.7 Å². The van der Waals surface area contributed by atoms with Crippen molar-refractivity contribution in [3.63, 3.8) is 0 Å². The van der Waals surface area contributed by atoms with Crippen LogP contribution < -0.4 is 4.90 Å². The molecule has 1 aliphatic heterocycles. The minimum Gasteiger partial charge on any atom is -0.506 e. The molecule has 0 unspecified atom stereocenters. The van der Waals surface area contributed by atoms with Gasteiger partial charge in [0.2, 0.25) is 11.8 Å². The number of alkyl halides is 2. The lowest BCUT2D eigenvalue weighted by atomic mass is 9.81. The molecule has 112 valence electrons. The minimum absolute atomic E-state index is 0.159. The topological polar surface area (TPSA) is 57.6 Å². The number of imide groups is 1. The molecule has 1 N–H and O–H groups in total. The summed E-state index contributed by atoms with van der Waals surface area (Å²) >= 11 is 12.9. The Morgan fingerprint density at radius 1 is 1.10 bits per heavy atom. The Morgan fingerprint density at radius 2 is 1.62 bits per heavy atom. The summed E-state index contributed by atoms with van der Waals surface area (Å²) in [7, 11) is 0. The van der Waals surface area contributed by atoms with Crippen molar-refractivity contribution in [2.75, 3.05) is 4.90 Å². The van der Waals surface area contributed by atoms with Crippen molar-refractivity contribution in [2.24, 2.45) is 11.8 Å². The van der Waals surface area contributed by atoms with Crippen molar-refractivity contribution in [2.45, 2.75) is 22.5 Å². The number of hydrogen-bond donors (Lipinski definition) is 1. The van der Waals surface area contributed by atoms with Crippen LogP contribution in [0.1, 0.15) is 12.8 Å². The fraction of sp³-hybridized carbons (Fsp3) is 0.429. The van der Waals surface area contributed by atoms with Crippen molar-refractivity contribution < 1.29 is 14.7 Å². The van der Waals surface area contributed by atoms with Crippen LogP contribution in [0.4, 0.5) is 5.69 Å². The number of carbonyl (C=O) groups excluding carboxylic acids is 2. The molecule has 0 aromatic heterocycles. The summed E-state index contributed by atoms with van der Waals surface area (Å²) in [4.78, 5) is 26.6. The van der Waals surface area contributed by atoms with Crippen LogP contribution in [0, 0.1) is 11.8 Å². The maximum atomic E-state index is 12.6. The molecule has 0 radical (unpaired) electrons. The van der Waals surface area contributed by atoms with E-state index < -0.39 is 0 Å². The predicted octanol–water partition coefficient (Wildman–Crippen LogP) is 3.47. The molecule has 1 aliphatic carbocycles. The highest BCUT2D eigenvalue weighted by atomic mass is 79.9. The van der Waals surface area contributed by atoms with E-state index in [1.165, 1.54) is 12.1 Å². The van der Waals surface area contributed by atoms with E-state index in [-0.39, 0.29) is 44.7 Å². The van der Waals surface area contributed by atoms with Crippen molar-refractivity contribution in [1.29, 1.82) is 0 Å². The third-order valence-electron chi connectivity index (χ3n) is 4.09. The number of halogens is 3. The van der Waals surface area contributed by atoms with Crippen LogP contribution in [0.25, 0.3) is 0 Å². The summed E-state index contributed by atoms with van der Waals surface area (Å²) in [5, 5.41) is 10.3. The molecule has 0 spiro atoms. The molecule has 3 rings (SSSR count). The Balaban J connectivity index is 1.97. The Hall–Kier alpha value is -0.590. The predicted molar refractivity (Wildman–Crippen MR) is 87.3 cm³/mol. The van der Waals surface area contributed by atoms with Gasteiger partial charge in [-0.3, -0.25) is 9.59 Å². The smallest absolute Gasteiger partial charge is 0.237 e. The first kappa shape index (κ1) is 15.3. The van der Waals surface area contributed by atoms with Gasteiger partial charge in [0.05, 0.1) is 17.5 Å². The number of anilines is 1. The number of amides is 2. The number of nitrogens with zero attached hydrogens (tertiary/aromatic N) is 1. The molecule has 1 saturated carbocycles. The van der Waals surface area contributed by atoms with E-state index in [4.69, 9.17) is 11.6 Å². The van der Waals surface area contributed by atoms with Gasteiger partial charge in [-0.25, -0.2) is 4.90 Å². The van der Waals surface area contributed by atoms with Crippen LogP contribution in [0.2, 0.25) is 5.02 Å². The van der Waals surface area contributed by atoms with E-state index in [9.17, 15) is 14.7 Å². The average Bonchev–Trinajstić information content (AvgIpc) is 2.64. The van der Waals surface area contributed by atoms with Crippen molar-refractivity contribution in [3.8, 4) is 5.75 Å².